The quantitative estimate of drug-likeness (QED) is 0.293. The van der Waals surface area contributed by atoms with Crippen LogP contribution in [0.1, 0.15) is 29.8 Å². The van der Waals surface area contributed by atoms with Crippen molar-refractivity contribution < 1.29 is 9.21 Å². The van der Waals surface area contributed by atoms with Gasteiger partial charge in [0, 0.05) is 48.2 Å². The molecule has 0 atom stereocenters. The summed E-state index contributed by atoms with van der Waals surface area (Å²) in [6.07, 6.45) is 2.98. The Morgan fingerprint density at radius 3 is 2.57 bits per heavy atom. The van der Waals surface area contributed by atoms with E-state index in [0.717, 1.165) is 18.8 Å². The molecular weight excluding hydrogens is 358 g/mol. The molecule has 0 saturated heterocycles. The zero-order chi connectivity index (χ0) is 20.1. The van der Waals surface area contributed by atoms with Gasteiger partial charge >= 0.3 is 5.63 Å². The summed E-state index contributed by atoms with van der Waals surface area (Å²) in [6, 6.07) is 10.3. The molecule has 3 rings (SSSR count). The van der Waals surface area contributed by atoms with E-state index in [-0.39, 0.29) is 11.4 Å². The third-order valence-corrected chi connectivity index (χ3v) is 4.34. The molecule has 1 aromatic carbocycles. The lowest BCUT2D eigenvalue weighted by molar-refractivity contribution is 0.0954. The Morgan fingerprint density at radius 1 is 1.18 bits per heavy atom. The zero-order valence-electron chi connectivity index (χ0n) is 15.7. The van der Waals surface area contributed by atoms with E-state index >= 15 is 0 Å². The standard InChI is InChI=1S/C20H21N5O3/c1-3-25(4-2)15-6-5-14-11-16(20(27)28-17(14)12-15)18(21)23-24-19(26)13-7-9-22-10-8-13/h5-12H,3-4H2,1-2H3,(H2,21,23)(H,24,26). The largest absolute Gasteiger partial charge is 0.422 e. The van der Waals surface area contributed by atoms with E-state index in [1.165, 1.54) is 12.4 Å². The average molecular weight is 379 g/mol. The van der Waals surface area contributed by atoms with Gasteiger partial charge in [0.2, 0.25) is 0 Å². The van der Waals surface area contributed by atoms with Crippen molar-refractivity contribution in [3.05, 3.63) is 70.3 Å². The van der Waals surface area contributed by atoms with E-state index in [2.05, 4.69) is 34.3 Å². The number of hydrogen-bond donors (Lipinski definition) is 2. The minimum Gasteiger partial charge on any atom is -0.422 e. The molecule has 0 spiro atoms. The van der Waals surface area contributed by atoms with Crippen LogP contribution in [-0.2, 0) is 0 Å². The highest BCUT2D eigenvalue weighted by atomic mass is 16.4. The summed E-state index contributed by atoms with van der Waals surface area (Å²) >= 11 is 0. The molecule has 0 unspecified atom stereocenters. The summed E-state index contributed by atoms with van der Waals surface area (Å²) < 4.78 is 5.42. The van der Waals surface area contributed by atoms with Gasteiger partial charge in [-0.1, -0.05) is 0 Å². The van der Waals surface area contributed by atoms with E-state index in [4.69, 9.17) is 10.2 Å². The fourth-order valence-electron chi connectivity index (χ4n) is 2.80. The van der Waals surface area contributed by atoms with Crippen LogP contribution in [0.5, 0.6) is 0 Å². The average Bonchev–Trinajstić information content (AvgIpc) is 2.72. The minimum absolute atomic E-state index is 0.0816. The van der Waals surface area contributed by atoms with Crippen LogP contribution >= 0.6 is 0 Å². The number of anilines is 1. The maximum absolute atomic E-state index is 12.3. The fourth-order valence-corrected chi connectivity index (χ4v) is 2.80. The summed E-state index contributed by atoms with van der Waals surface area (Å²) in [4.78, 5) is 30.4. The maximum Gasteiger partial charge on any atom is 0.347 e. The lowest BCUT2D eigenvalue weighted by Crippen LogP contribution is -2.27. The second-order valence-electron chi connectivity index (χ2n) is 6.02. The number of carbonyl (C=O) groups is 1. The fraction of sp³-hybridized carbons (Fsp3) is 0.200. The number of hydrazone groups is 1. The number of nitrogens with one attached hydrogen (secondary N) is 1. The van der Waals surface area contributed by atoms with Crippen LogP contribution in [0.25, 0.3) is 11.0 Å². The van der Waals surface area contributed by atoms with E-state index in [1.807, 2.05) is 18.2 Å². The Hall–Kier alpha value is -3.68. The Bertz CT molecular complexity index is 1070. The van der Waals surface area contributed by atoms with E-state index in [1.54, 1.807) is 18.2 Å². The first-order valence-corrected chi connectivity index (χ1v) is 8.90. The number of pyridine rings is 1. The monoisotopic (exact) mass is 379 g/mol. The highest BCUT2D eigenvalue weighted by Gasteiger charge is 2.12. The van der Waals surface area contributed by atoms with Crippen molar-refractivity contribution in [2.45, 2.75) is 13.8 Å². The van der Waals surface area contributed by atoms with Crippen molar-refractivity contribution in [3.8, 4) is 0 Å². The van der Waals surface area contributed by atoms with Gasteiger partial charge in [-0.05, 0) is 44.2 Å². The molecule has 144 valence electrons. The molecule has 2 aromatic heterocycles. The molecule has 3 N–H and O–H groups in total. The number of rotatable bonds is 6. The summed E-state index contributed by atoms with van der Waals surface area (Å²) in [7, 11) is 0. The highest BCUT2D eigenvalue weighted by molar-refractivity contribution is 6.01. The SMILES string of the molecule is CCN(CC)c1ccc2cc(C(N)=NNC(=O)c3ccncc3)c(=O)oc2c1. The van der Waals surface area contributed by atoms with Gasteiger partial charge in [0.1, 0.15) is 11.1 Å². The molecule has 28 heavy (non-hydrogen) atoms. The summed E-state index contributed by atoms with van der Waals surface area (Å²) in [6.45, 7) is 5.82. The number of hydrogen-bond acceptors (Lipinski definition) is 6. The number of nitrogens with two attached hydrogens (primary N) is 1. The first kappa shape index (κ1) is 19.1. The van der Waals surface area contributed by atoms with Gasteiger partial charge in [-0.15, -0.1) is 0 Å². The smallest absolute Gasteiger partial charge is 0.347 e. The minimum atomic E-state index is -0.622. The Kier molecular flexibility index (Phi) is 5.69. The van der Waals surface area contributed by atoms with Gasteiger partial charge in [0.15, 0.2) is 5.84 Å². The molecule has 0 aliphatic heterocycles. The van der Waals surface area contributed by atoms with Gasteiger partial charge in [-0.2, -0.15) is 5.10 Å². The predicted octanol–water partition coefficient (Wildman–Crippen LogP) is 2.08. The van der Waals surface area contributed by atoms with Crippen LogP contribution in [0.2, 0.25) is 0 Å². The number of amides is 1. The van der Waals surface area contributed by atoms with Crippen molar-refractivity contribution in [3.63, 3.8) is 0 Å². The molecule has 2 heterocycles. The number of amidine groups is 1. The Morgan fingerprint density at radius 2 is 1.89 bits per heavy atom. The van der Waals surface area contributed by atoms with Crippen molar-refractivity contribution in [1.82, 2.24) is 10.4 Å². The predicted molar refractivity (Wildman–Crippen MR) is 108 cm³/mol. The maximum atomic E-state index is 12.3. The molecule has 0 radical (unpaired) electrons. The second kappa shape index (κ2) is 8.34. The summed E-state index contributed by atoms with van der Waals surface area (Å²) in [5.41, 5.74) is 9.48. The normalized spacial score (nSPS) is 11.4. The number of carbonyl (C=O) groups excluding carboxylic acids is 1. The van der Waals surface area contributed by atoms with Gasteiger partial charge in [-0.3, -0.25) is 9.78 Å². The highest BCUT2D eigenvalue weighted by Crippen LogP contribution is 2.21. The summed E-state index contributed by atoms with van der Waals surface area (Å²) in [5, 5.41) is 4.53. The van der Waals surface area contributed by atoms with Crippen LogP contribution in [0.15, 0.2) is 63.1 Å². The van der Waals surface area contributed by atoms with Crippen LogP contribution in [-0.4, -0.2) is 29.8 Å². The summed E-state index contributed by atoms with van der Waals surface area (Å²) in [5.74, 6) is -0.592. The molecule has 0 aliphatic rings. The van der Waals surface area contributed by atoms with Crippen molar-refractivity contribution in [1.29, 1.82) is 0 Å². The second-order valence-corrected chi connectivity index (χ2v) is 6.02. The number of nitrogens with zero attached hydrogens (tertiary/aromatic N) is 3. The molecule has 0 bridgehead atoms. The Labute approximate surface area is 161 Å². The number of fused-ring (bicyclic) bond motifs is 1. The lowest BCUT2D eigenvalue weighted by atomic mass is 10.1. The van der Waals surface area contributed by atoms with Gasteiger partial charge in [-0.25, -0.2) is 10.2 Å². The Balaban J connectivity index is 1.88. The van der Waals surface area contributed by atoms with Crippen LogP contribution in [0, 0.1) is 0 Å². The third kappa shape index (κ3) is 4.01. The lowest BCUT2D eigenvalue weighted by Gasteiger charge is -2.21. The van der Waals surface area contributed by atoms with Crippen LogP contribution in [0.3, 0.4) is 0 Å². The number of benzene rings is 1. The van der Waals surface area contributed by atoms with Crippen molar-refractivity contribution >= 4 is 28.4 Å². The number of aromatic nitrogens is 1. The topological polar surface area (TPSA) is 114 Å². The van der Waals surface area contributed by atoms with Gasteiger partial charge < -0.3 is 15.1 Å². The van der Waals surface area contributed by atoms with E-state index < -0.39 is 11.5 Å². The van der Waals surface area contributed by atoms with Crippen molar-refractivity contribution in [2.24, 2.45) is 10.8 Å². The molecule has 0 saturated carbocycles. The third-order valence-electron chi connectivity index (χ3n) is 4.34. The first-order chi connectivity index (χ1) is 13.5. The van der Waals surface area contributed by atoms with Crippen LogP contribution < -0.4 is 21.7 Å². The molecule has 8 heteroatoms. The van der Waals surface area contributed by atoms with Crippen molar-refractivity contribution in [2.75, 3.05) is 18.0 Å². The molecule has 0 aliphatic carbocycles. The van der Waals surface area contributed by atoms with E-state index in [0.29, 0.717) is 16.5 Å². The molecular formula is C20H21N5O3. The van der Waals surface area contributed by atoms with Gasteiger partial charge in [0.25, 0.3) is 5.91 Å². The van der Waals surface area contributed by atoms with E-state index in [9.17, 15) is 9.59 Å². The van der Waals surface area contributed by atoms with Crippen LogP contribution in [0.4, 0.5) is 5.69 Å². The zero-order valence-corrected chi connectivity index (χ0v) is 15.7. The molecule has 8 nitrogen and oxygen atoms in total. The van der Waals surface area contributed by atoms with Gasteiger partial charge in [0.05, 0.1) is 0 Å². The molecule has 1 amide bonds. The molecule has 0 fully saturated rings. The molecule has 3 aromatic rings. The first-order valence-electron chi connectivity index (χ1n) is 8.90.